The molecule has 0 aromatic rings. The smallest absolute Gasteiger partial charge is 0.225 e. The molecule has 0 spiro atoms. The van der Waals surface area contributed by atoms with Crippen molar-refractivity contribution in [2.45, 2.75) is 26.8 Å². The van der Waals surface area contributed by atoms with Crippen LogP contribution in [-0.4, -0.2) is 37.0 Å². The second kappa shape index (κ2) is 4.09. The third-order valence-corrected chi connectivity index (χ3v) is 3.03. The number of nitrogens with one attached hydrogen (secondary N) is 1. The van der Waals surface area contributed by atoms with Crippen molar-refractivity contribution in [3.63, 3.8) is 0 Å². The second-order valence-electron chi connectivity index (χ2n) is 4.25. The van der Waals surface area contributed by atoms with E-state index in [-0.39, 0.29) is 11.8 Å². The van der Waals surface area contributed by atoms with Gasteiger partial charge >= 0.3 is 0 Å². The van der Waals surface area contributed by atoms with Crippen LogP contribution in [0.3, 0.4) is 0 Å². The van der Waals surface area contributed by atoms with E-state index in [4.69, 9.17) is 0 Å². The average molecular weight is 184 g/mol. The Kier molecular flexibility index (Phi) is 3.31. The Labute approximate surface area is 80.5 Å². The van der Waals surface area contributed by atoms with E-state index < -0.39 is 0 Å². The molecule has 3 nitrogen and oxygen atoms in total. The minimum atomic E-state index is 0.175. The largest absolute Gasteiger partial charge is 0.343 e. The summed E-state index contributed by atoms with van der Waals surface area (Å²) in [7, 11) is 1.88. The molecule has 1 aliphatic heterocycles. The van der Waals surface area contributed by atoms with Crippen LogP contribution >= 0.6 is 0 Å². The molecule has 1 amide bonds. The maximum absolute atomic E-state index is 11.8. The van der Waals surface area contributed by atoms with E-state index in [1.165, 1.54) is 0 Å². The molecule has 13 heavy (non-hydrogen) atoms. The van der Waals surface area contributed by atoms with Crippen LogP contribution in [0.5, 0.6) is 0 Å². The van der Waals surface area contributed by atoms with E-state index in [1.54, 1.807) is 0 Å². The molecule has 1 unspecified atom stereocenters. The van der Waals surface area contributed by atoms with Crippen molar-refractivity contribution in [3.8, 4) is 0 Å². The van der Waals surface area contributed by atoms with Gasteiger partial charge in [0.15, 0.2) is 0 Å². The number of carbonyl (C=O) groups excluding carboxylic acids is 1. The van der Waals surface area contributed by atoms with Crippen LogP contribution in [0.1, 0.15) is 20.8 Å². The highest BCUT2D eigenvalue weighted by Crippen LogP contribution is 2.18. The number of carbonyl (C=O) groups is 1. The van der Waals surface area contributed by atoms with E-state index >= 15 is 0 Å². The van der Waals surface area contributed by atoms with Gasteiger partial charge in [-0.25, -0.2) is 0 Å². The maximum atomic E-state index is 11.8. The third kappa shape index (κ3) is 2.21. The number of hydrogen-bond donors (Lipinski definition) is 1. The first-order chi connectivity index (χ1) is 6.04. The normalized spacial score (nSPS) is 19.8. The maximum Gasteiger partial charge on any atom is 0.225 e. The van der Waals surface area contributed by atoms with Gasteiger partial charge in [-0.15, -0.1) is 0 Å². The van der Waals surface area contributed by atoms with Crippen molar-refractivity contribution in [1.82, 2.24) is 10.2 Å². The van der Waals surface area contributed by atoms with E-state index in [1.807, 2.05) is 32.7 Å². The number of amides is 1. The molecule has 3 heteroatoms. The predicted molar refractivity (Wildman–Crippen MR) is 53.4 cm³/mol. The molecule has 0 saturated carbocycles. The first kappa shape index (κ1) is 10.5. The SMILES string of the molecule is CC(C(=O)N(C)C(C)C)C1CNC1. The lowest BCUT2D eigenvalue weighted by Crippen LogP contribution is -2.50. The van der Waals surface area contributed by atoms with Gasteiger partial charge < -0.3 is 10.2 Å². The summed E-state index contributed by atoms with van der Waals surface area (Å²) < 4.78 is 0. The van der Waals surface area contributed by atoms with Crippen molar-refractivity contribution < 1.29 is 4.79 Å². The summed E-state index contributed by atoms with van der Waals surface area (Å²) >= 11 is 0. The molecular formula is C10H20N2O. The zero-order valence-corrected chi connectivity index (χ0v) is 9.00. The van der Waals surface area contributed by atoms with Crippen molar-refractivity contribution in [2.24, 2.45) is 11.8 Å². The highest BCUT2D eigenvalue weighted by atomic mass is 16.2. The quantitative estimate of drug-likeness (QED) is 0.700. The topological polar surface area (TPSA) is 32.3 Å². The van der Waals surface area contributed by atoms with Crippen LogP contribution in [0, 0.1) is 11.8 Å². The monoisotopic (exact) mass is 184 g/mol. The number of nitrogens with zero attached hydrogens (tertiary/aromatic N) is 1. The molecule has 1 atom stereocenters. The van der Waals surface area contributed by atoms with Crippen LogP contribution in [0.2, 0.25) is 0 Å². The summed E-state index contributed by atoms with van der Waals surface area (Å²) in [6, 6.07) is 0.308. The van der Waals surface area contributed by atoms with E-state index in [0.29, 0.717) is 12.0 Å². The van der Waals surface area contributed by atoms with E-state index in [9.17, 15) is 4.79 Å². The van der Waals surface area contributed by atoms with Crippen LogP contribution in [0.4, 0.5) is 0 Å². The zero-order chi connectivity index (χ0) is 10.0. The predicted octanol–water partition coefficient (Wildman–Crippen LogP) is 0.709. The molecule has 1 saturated heterocycles. The molecule has 1 fully saturated rings. The van der Waals surface area contributed by atoms with Gasteiger partial charge in [-0.3, -0.25) is 4.79 Å². The fourth-order valence-electron chi connectivity index (χ4n) is 1.44. The number of hydrogen-bond acceptors (Lipinski definition) is 2. The standard InChI is InChI=1S/C10H20N2O/c1-7(2)12(4)10(13)8(3)9-5-11-6-9/h7-9,11H,5-6H2,1-4H3. The Morgan fingerprint density at radius 3 is 2.23 bits per heavy atom. The minimum absolute atomic E-state index is 0.175. The first-order valence-electron chi connectivity index (χ1n) is 5.01. The molecule has 0 bridgehead atoms. The van der Waals surface area contributed by atoms with Crippen molar-refractivity contribution >= 4 is 5.91 Å². The molecule has 1 aliphatic rings. The lowest BCUT2D eigenvalue weighted by molar-refractivity contribution is -0.137. The first-order valence-corrected chi connectivity index (χ1v) is 5.01. The molecule has 1 rings (SSSR count). The Balaban J connectivity index is 2.45. The van der Waals surface area contributed by atoms with Gasteiger partial charge in [0.25, 0.3) is 0 Å². The second-order valence-corrected chi connectivity index (χ2v) is 4.25. The van der Waals surface area contributed by atoms with Gasteiger partial charge in [-0.05, 0) is 32.9 Å². The van der Waals surface area contributed by atoms with Crippen LogP contribution < -0.4 is 5.32 Å². The van der Waals surface area contributed by atoms with Crippen molar-refractivity contribution in [1.29, 1.82) is 0 Å². The summed E-state index contributed by atoms with van der Waals surface area (Å²) in [5.41, 5.74) is 0. The zero-order valence-electron chi connectivity index (χ0n) is 9.00. The van der Waals surface area contributed by atoms with E-state index in [2.05, 4.69) is 5.32 Å². The molecule has 0 radical (unpaired) electrons. The van der Waals surface area contributed by atoms with E-state index in [0.717, 1.165) is 13.1 Å². The summed E-state index contributed by atoms with van der Waals surface area (Å²) in [6.45, 7) is 8.12. The van der Waals surface area contributed by atoms with Gasteiger partial charge in [0.2, 0.25) is 5.91 Å². The molecule has 0 aliphatic carbocycles. The lowest BCUT2D eigenvalue weighted by atomic mass is 9.88. The molecule has 1 N–H and O–H groups in total. The molecule has 0 aromatic carbocycles. The fraction of sp³-hybridized carbons (Fsp3) is 0.900. The van der Waals surface area contributed by atoms with Crippen LogP contribution in [0.25, 0.3) is 0 Å². The molecule has 1 heterocycles. The summed E-state index contributed by atoms with van der Waals surface area (Å²) in [5.74, 6) is 1.00. The van der Waals surface area contributed by atoms with Gasteiger partial charge in [0, 0.05) is 19.0 Å². The number of rotatable bonds is 3. The highest BCUT2D eigenvalue weighted by Gasteiger charge is 2.30. The van der Waals surface area contributed by atoms with Gasteiger partial charge in [-0.2, -0.15) is 0 Å². The molecule has 0 aromatic heterocycles. The Morgan fingerprint density at radius 1 is 1.38 bits per heavy atom. The molecular weight excluding hydrogens is 164 g/mol. The van der Waals surface area contributed by atoms with Gasteiger partial charge in [-0.1, -0.05) is 6.92 Å². The third-order valence-electron chi connectivity index (χ3n) is 3.03. The van der Waals surface area contributed by atoms with Gasteiger partial charge in [0.05, 0.1) is 0 Å². The van der Waals surface area contributed by atoms with Crippen molar-refractivity contribution in [2.75, 3.05) is 20.1 Å². The van der Waals surface area contributed by atoms with Crippen LogP contribution in [0.15, 0.2) is 0 Å². The summed E-state index contributed by atoms with van der Waals surface area (Å²) in [4.78, 5) is 13.7. The van der Waals surface area contributed by atoms with Crippen molar-refractivity contribution in [3.05, 3.63) is 0 Å². The Morgan fingerprint density at radius 2 is 1.92 bits per heavy atom. The molecule has 76 valence electrons. The average Bonchev–Trinajstić information content (AvgIpc) is 1.98. The lowest BCUT2D eigenvalue weighted by Gasteiger charge is -2.35. The minimum Gasteiger partial charge on any atom is -0.343 e. The Hall–Kier alpha value is -0.570. The highest BCUT2D eigenvalue weighted by molar-refractivity contribution is 5.79. The summed E-state index contributed by atoms with van der Waals surface area (Å²) in [5, 5.41) is 3.19. The fourth-order valence-corrected chi connectivity index (χ4v) is 1.44. The Bertz CT molecular complexity index is 187. The van der Waals surface area contributed by atoms with Gasteiger partial charge in [0.1, 0.15) is 0 Å². The summed E-state index contributed by atoms with van der Waals surface area (Å²) in [6.07, 6.45) is 0. The van der Waals surface area contributed by atoms with Crippen LogP contribution in [-0.2, 0) is 4.79 Å².